The summed E-state index contributed by atoms with van der Waals surface area (Å²) in [6, 6.07) is -0.836. The van der Waals surface area contributed by atoms with E-state index in [9.17, 15) is 14.4 Å². The zero-order valence-electron chi connectivity index (χ0n) is 13.7. The Morgan fingerprint density at radius 3 is 2.05 bits per heavy atom. The summed E-state index contributed by atoms with van der Waals surface area (Å²) < 4.78 is 14.7. The van der Waals surface area contributed by atoms with E-state index in [-0.39, 0.29) is 12.4 Å². The molecule has 2 atom stereocenters. The van der Waals surface area contributed by atoms with Gasteiger partial charge in [0.2, 0.25) is 6.29 Å². The normalized spacial score (nSPS) is 14.1. The predicted octanol–water partition coefficient (Wildman–Crippen LogP) is 1.94. The van der Waals surface area contributed by atoms with E-state index >= 15 is 0 Å². The van der Waals surface area contributed by atoms with Crippen molar-refractivity contribution in [1.82, 2.24) is 4.90 Å². The van der Waals surface area contributed by atoms with Crippen LogP contribution in [-0.2, 0) is 23.8 Å². The Morgan fingerprint density at radius 2 is 1.67 bits per heavy atom. The number of carbonyl (C=O) groups is 3. The number of carbonyl (C=O) groups excluding carboxylic acids is 3. The summed E-state index contributed by atoms with van der Waals surface area (Å²) in [7, 11) is 1.46. The van der Waals surface area contributed by atoms with Gasteiger partial charge in [0.15, 0.2) is 0 Å². The molecular formula is C14H25NO6. The minimum Gasteiger partial charge on any atom is -0.444 e. The van der Waals surface area contributed by atoms with E-state index < -0.39 is 30.0 Å². The maximum atomic E-state index is 12.1. The lowest BCUT2D eigenvalue weighted by molar-refractivity contribution is -0.181. The molecule has 0 rings (SSSR count). The van der Waals surface area contributed by atoms with Gasteiger partial charge in [0, 0.05) is 14.0 Å². The highest BCUT2D eigenvalue weighted by molar-refractivity contribution is 5.81. The molecule has 0 N–H and O–H groups in total. The Labute approximate surface area is 125 Å². The van der Waals surface area contributed by atoms with Crippen molar-refractivity contribution >= 4 is 18.5 Å². The third kappa shape index (κ3) is 6.97. The molecule has 0 spiro atoms. The van der Waals surface area contributed by atoms with Gasteiger partial charge in [-0.1, -0.05) is 13.8 Å². The number of esters is 1. The van der Waals surface area contributed by atoms with Crippen molar-refractivity contribution in [3.63, 3.8) is 0 Å². The molecule has 0 aliphatic carbocycles. The minimum atomic E-state index is -1.01. The van der Waals surface area contributed by atoms with E-state index in [1.807, 2.05) is 0 Å². The van der Waals surface area contributed by atoms with Crippen molar-refractivity contribution in [3.8, 4) is 0 Å². The standard InChI is InChI=1S/C14H25NO6/c1-9(2)11(12(17)20-10(3)19-8-16)15(7)13(18)21-14(4,5)6/h8-11H,1-7H3/t10?,11-/m1/s1. The highest BCUT2D eigenvalue weighted by Crippen LogP contribution is 2.16. The van der Waals surface area contributed by atoms with Crippen LogP contribution in [0.15, 0.2) is 0 Å². The summed E-state index contributed by atoms with van der Waals surface area (Å²) in [5, 5.41) is 0. The van der Waals surface area contributed by atoms with Crippen LogP contribution >= 0.6 is 0 Å². The molecule has 7 nitrogen and oxygen atoms in total. The Hall–Kier alpha value is -1.79. The quantitative estimate of drug-likeness (QED) is 0.424. The number of hydrogen-bond donors (Lipinski definition) is 0. The molecule has 1 amide bonds. The molecule has 0 aromatic rings. The van der Waals surface area contributed by atoms with Gasteiger partial charge in [0.05, 0.1) is 0 Å². The maximum Gasteiger partial charge on any atom is 0.410 e. The molecule has 0 bridgehead atoms. The van der Waals surface area contributed by atoms with Crippen LogP contribution in [0.2, 0.25) is 0 Å². The van der Waals surface area contributed by atoms with E-state index in [1.54, 1.807) is 34.6 Å². The molecule has 122 valence electrons. The van der Waals surface area contributed by atoms with Crippen LogP contribution in [0.1, 0.15) is 41.5 Å². The molecule has 1 unspecified atom stereocenters. The van der Waals surface area contributed by atoms with Crippen LogP contribution in [0.25, 0.3) is 0 Å². The second kappa shape index (κ2) is 7.85. The lowest BCUT2D eigenvalue weighted by Crippen LogP contribution is -2.49. The molecule has 0 radical (unpaired) electrons. The van der Waals surface area contributed by atoms with Gasteiger partial charge in [-0.25, -0.2) is 9.59 Å². The average molecular weight is 303 g/mol. The first-order valence-corrected chi connectivity index (χ1v) is 6.75. The summed E-state index contributed by atoms with van der Waals surface area (Å²) >= 11 is 0. The zero-order valence-corrected chi connectivity index (χ0v) is 13.7. The van der Waals surface area contributed by atoms with Gasteiger partial charge in [-0.3, -0.25) is 9.69 Å². The number of amides is 1. The Balaban J connectivity index is 4.92. The van der Waals surface area contributed by atoms with Crippen LogP contribution in [0, 0.1) is 5.92 Å². The van der Waals surface area contributed by atoms with E-state index in [2.05, 4.69) is 4.74 Å². The number of hydrogen-bond acceptors (Lipinski definition) is 6. The highest BCUT2D eigenvalue weighted by atomic mass is 16.7. The fourth-order valence-corrected chi connectivity index (χ4v) is 1.66. The average Bonchev–Trinajstić information content (AvgIpc) is 2.25. The third-order valence-corrected chi connectivity index (χ3v) is 2.50. The topological polar surface area (TPSA) is 82.1 Å². The lowest BCUT2D eigenvalue weighted by Gasteiger charge is -2.31. The predicted molar refractivity (Wildman–Crippen MR) is 75.3 cm³/mol. The lowest BCUT2D eigenvalue weighted by atomic mass is 10.0. The van der Waals surface area contributed by atoms with Crippen molar-refractivity contribution in [2.24, 2.45) is 5.92 Å². The Bertz CT molecular complexity index is 374. The Kier molecular flexibility index (Phi) is 7.18. The van der Waals surface area contributed by atoms with Gasteiger partial charge in [0.25, 0.3) is 6.47 Å². The molecule has 0 fully saturated rings. The molecule has 0 aliphatic rings. The number of rotatable bonds is 6. The van der Waals surface area contributed by atoms with Crippen molar-refractivity contribution in [1.29, 1.82) is 0 Å². The largest absolute Gasteiger partial charge is 0.444 e. The minimum absolute atomic E-state index is 0.194. The maximum absolute atomic E-state index is 12.1. The number of ether oxygens (including phenoxy) is 3. The van der Waals surface area contributed by atoms with Crippen molar-refractivity contribution in [2.45, 2.75) is 59.5 Å². The van der Waals surface area contributed by atoms with E-state index in [0.717, 1.165) is 0 Å². The molecule has 21 heavy (non-hydrogen) atoms. The van der Waals surface area contributed by atoms with E-state index in [1.165, 1.54) is 18.9 Å². The summed E-state index contributed by atoms with van der Waals surface area (Å²) in [6.45, 7) is 10.4. The first-order chi connectivity index (χ1) is 9.49. The molecular weight excluding hydrogens is 278 g/mol. The van der Waals surface area contributed by atoms with Gasteiger partial charge in [-0.15, -0.1) is 0 Å². The van der Waals surface area contributed by atoms with E-state index in [4.69, 9.17) is 9.47 Å². The molecule has 0 saturated heterocycles. The first kappa shape index (κ1) is 19.2. The molecule has 0 aliphatic heterocycles. The van der Waals surface area contributed by atoms with Crippen molar-refractivity contribution in [3.05, 3.63) is 0 Å². The van der Waals surface area contributed by atoms with Crippen molar-refractivity contribution in [2.75, 3.05) is 7.05 Å². The summed E-state index contributed by atoms with van der Waals surface area (Å²) in [5.41, 5.74) is -0.662. The fourth-order valence-electron chi connectivity index (χ4n) is 1.66. The monoisotopic (exact) mass is 303 g/mol. The summed E-state index contributed by atoms with van der Waals surface area (Å²) in [4.78, 5) is 35.5. The second-order valence-corrected chi connectivity index (χ2v) is 6.02. The van der Waals surface area contributed by atoms with Gasteiger partial charge in [0.1, 0.15) is 11.6 Å². The third-order valence-electron chi connectivity index (χ3n) is 2.50. The highest BCUT2D eigenvalue weighted by Gasteiger charge is 2.34. The number of likely N-dealkylation sites (N-methyl/N-ethyl adjacent to an activating group) is 1. The Morgan fingerprint density at radius 1 is 1.14 bits per heavy atom. The van der Waals surface area contributed by atoms with Crippen LogP contribution < -0.4 is 0 Å². The van der Waals surface area contributed by atoms with Gasteiger partial charge in [-0.2, -0.15) is 0 Å². The fraction of sp³-hybridized carbons (Fsp3) is 0.786. The molecule has 7 heteroatoms. The summed E-state index contributed by atoms with van der Waals surface area (Å²) in [6.07, 6.45) is -1.63. The van der Waals surface area contributed by atoms with Crippen LogP contribution in [0.5, 0.6) is 0 Å². The second-order valence-electron chi connectivity index (χ2n) is 6.02. The van der Waals surface area contributed by atoms with Crippen LogP contribution in [0.4, 0.5) is 4.79 Å². The number of nitrogens with zero attached hydrogens (tertiary/aromatic N) is 1. The SMILES string of the molecule is CC(OC=O)OC(=O)[C@@H](C(C)C)N(C)C(=O)OC(C)(C)C. The zero-order chi connectivity index (χ0) is 16.8. The van der Waals surface area contributed by atoms with Crippen molar-refractivity contribution < 1.29 is 28.6 Å². The van der Waals surface area contributed by atoms with Crippen LogP contribution in [0.3, 0.4) is 0 Å². The van der Waals surface area contributed by atoms with Gasteiger partial charge >= 0.3 is 12.1 Å². The first-order valence-electron chi connectivity index (χ1n) is 6.75. The molecule has 0 aromatic carbocycles. The molecule has 0 heterocycles. The summed E-state index contributed by atoms with van der Waals surface area (Å²) in [5.74, 6) is -0.855. The molecule has 0 aromatic heterocycles. The van der Waals surface area contributed by atoms with E-state index in [0.29, 0.717) is 0 Å². The van der Waals surface area contributed by atoms with Gasteiger partial charge in [-0.05, 0) is 26.7 Å². The molecule has 0 saturated carbocycles. The smallest absolute Gasteiger partial charge is 0.410 e. The van der Waals surface area contributed by atoms with Gasteiger partial charge < -0.3 is 14.2 Å². The van der Waals surface area contributed by atoms with Crippen LogP contribution in [-0.4, -0.2) is 48.4 Å².